The fourth-order valence-corrected chi connectivity index (χ4v) is 0. The first kappa shape index (κ1) is 5.65. The van der Waals surface area contributed by atoms with Crippen molar-refractivity contribution in [1.82, 2.24) is 0 Å². The van der Waals surface area contributed by atoms with E-state index in [2.05, 4.69) is 0 Å². The number of hydrogen-bond donors (Lipinski definition) is 1. The average Bonchev–Trinajstić information content (AvgIpc) is 1.36. The zero-order chi connectivity index (χ0) is 5.15. The maximum atomic E-state index is 9.41. The fraction of sp³-hybridized carbons (Fsp3) is 0.500. The van der Waals surface area contributed by atoms with Gasteiger partial charge in [-0.1, -0.05) is 0 Å². The predicted octanol–water partition coefficient (Wildman–Crippen LogP) is -0.427. The van der Waals surface area contributed by atoms with Crippen molar-refractivity contribution in [3.8, 4) is 0 Å². The second-order valence-electron chi connectivity index (χ2n) is 0.754. The van der Waals surface area contributed by atoms with Gasteiger partial charge in [0, 0.05) is 0 Å². The summed E-state index contributed by atoms with van der Waals surface area (Å²) < 4.78 is 18.8. The molecule has 0 aromatic carbocycles. The number of hydrogen-bond acceptors (Lipinski definition) is 2. The molecule has 0 aromatic heterocycles. The highest BCUT2D eigenvalue weighted by atomic mass is 32.2. The van der Waals surface area contributed by atoms with Crippen LogP contribution in [0.5, 0.6) is 0 Å². The third-order valence-electron chi connectivity index (χ3n) is 0.241. The Morgan fingerprint density at radius 3 is 1.83 bits per heavy atom. The molecule has 4 heteroatoms. The summed E-state index contributed by atoms with van der Waals surface area (Å²) in [6.45, 7) is 1.10. The molecule has 0 radical (unpaired) electrons. The van der Waals surface area contributed by atoms with Crippen molar-refractivity contribution in [3.63, 3.8) is 0 Å². The lowest BCUT2D eigenvalue weighted by atomic mass is 10.9. The Kier molecular flexibility index (Phi) is 1.83. The number of rotatable bonds is 0. The maximum absolute atomic E-state index is 9.41. The van der Waals surface area contributed by atoms with E-state index in [-0.39, 0.29) is 0 Å². The van der Waals surface area contributed by atoms with Gasteiger partial charge in [-0.05, 0) is 6.92 Å². The lowest BCUT2D eigenvalue weighted by Gasteiger charge is -1.64. The smallest absolute Gasteiger partial charge is 0.240 e. The highest BCUT2D eigenvalue weighted by Crippen LogP contribution is 1.52. The molecule has 0 aliphatic heterocycles. The van der Waals surface area contributed by atoms with Gasteiger partial charge >= 0.3 is 0 Å². The third-order valence-corrected chi connectivity index (χ3v) is 0.724. The summed E-state index contributed by atoms with van der Waals surface area (Å²) in [5.74, 6) is 0. The molecule has 0 atom stereocenters. The third kappa shape index (κ3) is 1.92. The summed E-state index contributed by atoms with van der Waals surface area (Å²) in [4.78, 5) is 0. The first-order valence-electron chi connectivity index (χ1n) is 1.26. The van der Waals surface area contributed by atoms with Crippen LogP contribution in [0.25, 0.3) is 0 Å². The highest BCUT2D eigenvalue weighted by Gasteiger charge is 1.74. The van der Waals surface area contributed by atoms with Gasteiger partial charge < -0.3 is 5.11 Å². The molecule has 0 aliphatic carbocycles. The Balaban J connectivity index is 4.58. The Bertz CT molecular complexity index is 140. The highest BCUT2D eigenvalue weighted by molar-refractivity contribution is 7.72. The van der Waals surface area contributed by atoms with Gasteiger partial charge in [0.05, 0.1) is 0 Å². The molecule has 36 valence electrons. The van der Waals surface area contributed by atoms with Crippen LogP contribution in [0.4, 0.5) is 0 Å². The predicted molar refractivity (Wildman–Crippen MR) is 22.2 cm³/mol. The molecule has 6 heavy (non-hydrogen) atoms. The van der Waals surface area contributed by atoms with Gasteiger partial charge in [-0.3, -0.25) is 0 Å². The van der Waals surface area contributed by atoms with Gasteiger partial charge in [0.2, 0.25) is 10.3 Å². The van der Waals surface area contributed by atoms with Gasteiger partial charge in [0.1, 0.15) is 0 Å². The quantitative estimate of drug-likeness (QED) is 0.428. The lowest BCUT2D eigenvalue weighted by Crippen LogP contribution is -1.85. The van der Waals surface area contributed by atoms with Crippen LogP contribution in [-0.2, 0) is 10.3 Å². The molecule has 0 amide bonds. The van der Waals surface area contributed by atoms with Gasteiger partial charge in [-0.2, -0.15) is 8.42 Å². The van der Waals surface area contributed by atoms with E-state index in [4.69, 9.17) is 5.11 Å². The average molecular weight is 108 g/mol. The normalized spacial score (nSPS) is 7.67. The van der Waals surface area contributed by atoms with Crippen LogP contribution in [0.15, 0.2) is 0 Å². The molecule has 0 unspecified atom stereocenters. The molecule has 1 N–H and O–H groups in total. The zero-order valence-corrected chi connectivity index (χ0v) is 3.99. The Morgan fingerprint density at radius 2 is 1.83 bits per heavy atom. The van der Waals surface area contributed by atoms with Crippen LogP contribution in [0.2, 0.25) is 0 Å². The second-order valence-corrected chi connectivity index (χ2v) is 1.81. The molecule has 0 aliphatic rings. The SMILES string of the molecule is CC(O)=S(=O)=O. The van der Waals surface area contributed by atoms with Crippen molar-refractivity contribution in [2.24, 2.45) is 0 Å². The van der Waals surface area contributed by atoms with Crippen LogP contribution in [0, 0.1) is 0 Å². The van der Waals surface area contributed by atoms with Crippen LogP contribution in [0.1, 0.15) is 6.92 Å². The van der Waals surface area contributed by atoms with E-state index in [0.29, 0.717) is 0 Å². The van der Waals surface area contributed by atoms with Crippen molar-refractivity contribution >= 4 is 15.3 Å². The molecule has 0 bridgehead atoms. The van der Waals surface area contributed by atoms with Crippen LogP contribution >= 0.6 is 0 Å². The van der Waals surface area contributed by atoms with Gasteiger partial charge in [0.25, 0.3) is 0 Å². The van der Waals surface area contributed by atoms with E-state index < -0.39 is 15.3 Å². The largest absolute Gasteiger partial charge is 0.351 e. The summed E-state index contributed by atoms with van der Waals surface area (Å²) in [6, 6.07) is 0. The maximum Gasteiger partial charge on any atom is 0.240 e. The van der Waals surface area contributed by atoms with Crippen LogP contribution in [0.3, 0.4) is 0 Å². The molecule has 0 aromatic rings. The minimum atomic E-state index is -2.40. The molecule has 0 saturated heterocycles. The standard InChI is InChI=1S/C2H4O3S/c1-2(3)6(4)5/h3H,1H3. The van der Waals surface area contributed by atoms with Gasteiger partial charge in [0.15, 0.2) is 5.05 Å². The summed E-state index contributed by atoms with van der Waals surface area (Å²) in [7, 11) is -2.40. The molecular formula is C2H4O3S. The minimum Gasteiger partial charge on any atom is -0.351 e. The van der Waals surface area contributed by atoms with E-state index in [1.54, 1.807) is 0 Å². The molecule has 0 saturated carbocycles. The molecular weight excluding hydrogens is 104 g/mol. The first-order valence-corrected chi connectivity index (χ1v) is 2.34. The molecule has 0 heterocycles. The molecule has 3 nitrogen and oxygen atoms in total. The number of aliphatic hydroxyl groups excluding tert-OH is 1. The Hall–Kier alpha value is -0.350. The van der Waals surface area contributed by atoms with E-state index in [0.717, 1.165) is 6.92 Å². The van der Waals surface area contributed by atoms with Crippen molar-refractivity contribution in [3.05, 3.63) is 0 Å². The van der Waals surface area contributed by atoms with Crippen LogP contribution in [-0.4, -0.2) is 18.6 Å². The first-order chi connectivity index (χ1) is 2.64. The van der Waals surface area contributed by atoms with Crippen molar-refractivity contribution in [2.75, 3.05) is 0 Å². The molecule has 0 rings (SSSR count). The Morgan fingerprint density at radius 1 is 1.67 bits per heavy atom. The summed E-state index contributed by atoms with van der Waals surface area (Å²) in [6.07, 6.45) is 0. The molecule has 0 fully saturated rings. The zero-order valence-electron chi connectivity index (χ0n) is 3.17. The van der Waals surface area contributed by atoms with E-state index in [1.807, 2.05) is 0 Å². The van der Waals surface area contributed by atoms with E-state index >= 15 is 0 Å². The lowest BCUT2D eigenvalue weighted by molar-refractivity contribution is 0.555. The summed E-state index contributed by atoms with van der Waals surface area (Å²) >= 11 is 0. The minimum absolute atomic E-state index is 0.574. The van der Waals surface area contributed by atoms with Crippen molar-refractivity contribution < 1.29 is 13.5 Å². The van der Waals surface area contributed by atoms with E-state index in [9.17, 15) is 8.42 Å². The second kappa shape index (κ2) is 1.94. The molecule has 0 spiro atoms. The fourth-order valence-electron chi connectivity index (χ4n) is 0. The Labute approximate surface area is 36.8 Å². The number of aliphatic hydroxyl groups is 1. The summed E-state index contributed by atoms with van der Waals surface area (Å²) in [5.41, 5.74) is 0. The monoisotopic (exact) mass is 108 g/mol. The summed E-state index contributed by atoms with van der Waals surface area (Å²) in [5, 5.41) is 7.36. The topological polar surface area (TPSA) is 54.4 Å². The van der Waals surface area contributed by atoms with Gasteiger partial charge in [-0.15, -0.1) is 0 Å². The van der Waals surface area contributed by atoms with Gasteiger partial charge in [-0.25, -0.2) is 0 Å². The van der Waals surface area contributed by atoms with Crippen molar-refractivity contribution in [1.29, 1.82) is 0 Å². The van der Waals surface area contributed by atoms with Crippen molar-refractivity contribution in [2.45, 2.75) is 6.92 Å². The van der Waals surface area contributed by atoms with Crippen LogP contribution < -0.4 is 0 Å². The van der Waals surface area contributed by atoms with E-state index in [1.165, 1.54) is 0 Å².